The predicted molar refractivity (Wildman–Crippen MR) is 115 cm³/mol. The second-order valence-electron chi connectivity index (χ2n) is 6.27. The summed E-state index contributed by atoms with van der Waals surface area (Å²) in [6.45, 7) is 0. The Bertz CT molecular complexity index is 1310. The van der Waals surface area contributed by atoms with Crippen LogP contribution in [0.25, 0.3) is 21.5 Å². The number of fused-ring (bicyclic) bond motifs is 1. The molecule has 0 aliphatic heterocycles. The molecule has 0 aliphatic carbocycles. The molecule has 0 spiro atoms. The number of nitrogens with zero attached hydrogens (tertiary/aromatic N) is 2. The molecule has 0 fully saturated rings. The van der Waals surface area contributed by atoms with Crippen LogP contribution in [-0.4, -0.2) is 37.4 Å². The number of methoxy groups -OCH3 is 3. The van der Waals surface area contributed by atoms with E-state index >= 15 is 0 Å². The van der Waals surface area contributed by atoms with Crippen molar-refractivity contribution in [3.8, 4) is 27.8 Å². The van der Waals surface area contributed by atoms with Crippen molar-refractivity contribution in [1.29, 1.82) is 0 Å². The number of carbonyl (C=O) groups is 1. The van der Waals surface area contributed by atoms with Gasteiger partial charge in [0.1, 0.15) is 16.2 Å². The summed E-state index contributed by atoms with van der Waals surface area (Å²) in [5.74, 6) is 0.750. The summed E-state index contributed by atoms with van der Waals surface area (Å²) < 4.78 is 21.2. The second kappa shape index (κ2) is 8.44. The van der Waals surface area contributed by atoms with E-state index in [-0.39, 0.29) is 10.7 Å². The molecule has 10 heteroatoms. The maximum atomic E-state index is 12.6. The van der Waals surface area contributed by atoms with E-state index < -0.39 is 11.5 Å². The van der Waals surface area contributed by atoms with Crippen molar-refractivity contribution < 1.29 is 23.4 Å². The van der Waals surface area contributed by atoms with Crippen LogP contribution < -0.4 is 25.2 Å². The first-order chi connectivity index (χ1) is 15.0. The highest BCUT2D eigenvalue weighted by Crippen LogP contribution is 2.42. The minimum absolute atomic E-state index is 0.122. The van der Waals surface area contributed by atoms with Crippen LogP contribution in [0, 0.1) is 0 Å². The Morgan fingerprint density at radius 1 is 1.00 bits per heavy atom. The van der Waals surface area contributed by atoms with Crippen molar-refractivity contribution in [2.45, 2.75) is 0 Å². The van der Waals surface area contributed by atoms with Gasteiger partial charge in [0, 0.05) is 10.9 Å². The Morgan fingerprint density at radius 3 is 2.39 bits per heavy atom. The van der Waals surface area contributed by atoms with E-state index in [1.165, 1.54) is 27.4 Å². The normalized spacial score (nSPS) is 10.7. The highest BCUT2D eigenvalue weighted by Gasteiger charge is 2.19. The Balaban J connectivity index is 1.62. The lowest BCUT2D eigenvalue weighted by Gasteiger charge is -2.13. The highest BCUT2D eigenvalue weighted by molar-refractivity contribution is 7.18. The number of amides is 1. The number of benzene rings is 2. The van der Waals surface area contributed by atoms with E-state index in [1.807, 2.05) is 0 Å². The van der Waals surface area contributed by atoms with E-state index in [9.17, 15) is 9.59 Å². The van der Waals surface area contributed by atoms with Crippen molar-refractivity contribution in [2.24, 2.45) is 0 Å². The Kier molecular flexibility index (Phi) is 5.54. The van der Waals surface area contributed by atoms with Crippen LogP contribution >= 0.6 is 11.3 Å². The van der Waals surface area contributed by atoms with Gasteiger partial charge in [-0.3, -0.25) is 10.1 Å². The van der Waals surface area contributed by atoms with Crippen LogP contribution in [0.5, 0.6) is 17.2 Å². The Labute approximate surface area is 180 Å². The number of ether oxygens (including phenoxy) is 3. The first kappa shape index (κ1) is 20.4. The summed E-state index contributed by atoms with van der Waals surface area (Å²) in [7, 11) is 4.55. The van der Waals surface area contributed by atoms with Gasteiger partial charge >= 0.3 is 5.63 Å². The lowest BCUT2D eigenvalue weighted by Crippen LogP contribution is -2.20. The number of anilines is 1. The average molecular weight is 439 g/mol. The van der Waals surface area contributed by atoms with Gasteiger partial charge in [0.05, 0.1) is 21.3 Å². The van der Waals surface area contributed by atoms with Crippen molar-refractivity contribution in [2.75, 3.05) is 26.6 Å². The zero-order valence-electron chi connectivity index (χ0n) is 16.8. The molecule has 0 radical (unpaired) electrons. The molecule has 0 bridgehead atoms. The first-order valence-corrected chi connectivity index (χ1v) is 9.83. The van der Waals surface area contributed by atoms with Crippen LogP contribution in [0.15, 0.2) is 51.7 Å². The third kappa shape index (κ3) is 3.92. The van der Waals surface area contributed by atoms with Gasteiger partial charge in [-0.1, -0.05) is 29.5 Å². The molecule has 4 rings (SSSR count). The molecule has 0 saturated heterocycles. The summed E-state index contributed by atoms with van der Waals surface area (Å²) in [5, 5.41) is 12.1. The van der Waals surface area contributed by atoms with E-state index in [4.69, 9.17) is 18.6 Å². The van der Waals surface area contributed by atoms with Gasteiger partial charge in [-0.25, -0.2) is 4.79 Å². The fourth-order valence-electron chi connectivity index (χ4n) is 2.98. The third-order valence-corrected chi connectivity index (χ3v) is 5.33. The smallest absolute Gasteiger partial charge is 0.349 e. The zero-order chi connectivity index (χ0) is 22.0. The van der Waals surface area contributed by atoms with E-state index in [1.54, 1.807) is 36.4 Å². The van der Waals surface area contributed by atoms with Crippen molar-refractivity contribution >= 4 is 33.3 Å². The molecule has 1 amide bonds. The first-order valence-electron chi connectivity index (χ1n) is 9.02. The highest BCUT2D eigenvalue weighted by atomic mass is 32.1. The van der Waals surface area contributed by atoms with E-state index in [0.29, 0.717) is 38.8 Å². The number of aromatic nitrogens is 2. The molecule has 9 nitrogen and oxygen atoms in total. The molecule has 2 heterocycles. The summed E-state index contributed by atoms with van der Waals surface area (Å²) in [5.41, 5.74) is 0.219. The van der Waals surface area contributed by atoms with Gasteiger partial charge in [-0.05, 0) is 24.3 Å². The van der Waals surface area contributed by atoms with Crippen LogP contribution in [0.3, 0.4) is 0 Å². The molecule has 0 atom stereocenters. The molecule has 0 saturated carbocycles. The maximum Gasteiger partial charge on any atom is 0.349 e. The minimum Gasteiger partial charge on any atom is -0.493 e. The van der Waals surface area contributed by atoms with Gasteiger partial charge in [-0.15, -0.1) is 10.2 Å². The molecule has 2 aromatic heterocycles. The monoisotopic (exact) mass is 439 g/mol. The number of hydrogen-bond donors (Lipinski definition) is 1. The van der Waals surface area contributed by atoms with E-state index in [0.717, 1.165) is 11.3 Å². The second-order valence-corrected chi connectivity index (χ2v) is 7.24. The summed E-state index contributed by atoms with van der Waals surface area (Å²) in [6, 6.07) is 11.9. The fourth-order valence-corrected chi connectivity index (χ4v) is 3.71. The molecular weight excluding hydrogens is 422 g/mol. The zero-order valence-corrected chi connectivity index (χ0v) is 17.6. The molecule has 0 unspecified atom stereocenters. The van der Waals surface area contributed by atoms with Gasteiger partial charge in [-0.2, -0.15) is 0 Å². The average Bonchev–Trinajstić information content (AvgIpc) is 3.25. The summed E-state index contributed by atoms with van der Waals surface area (Å²) in [4.78, 5) is 24.8. The van der Waals surface area contributed by atoms with Gasteiger partial charge in [0.2, 0.25) is 10.9 Å². The van der Waals surface area contributed by atoms with Crippen LogP contribution in [0.2, 0.25) is 0 Å². The quantitative estimate of drug-likeness (QED) is 0.454. The van der Waals surface area contributed by atoms with E-state index in [2.05, 4.69) is 15.5 Å². The van der Waals surface area contributed by atoms with Crippen molar-refractivity contribution in [3.63, 3.8) is 0 Å². The molecule has 2 aromatic carbocycles. The van der Waals surface area contributed by atoms with Crippen LogP contribution in [0.4, 0.5) is 5.13 Å². The number of hydrogen-bond acceptors (Lipinski definition) is 9. The lowest BCUT2D eigenvalue weighted by molar-refractivity contribution is 0.102. The minimum atomic E-state index is -0.731. The molecule has 1 N–H and O–H groups in total. The van der Waals surface area contributed by atoms with Crippen molar-refractivity contribution in [1.82, 2.24) is 10.2 Å². The molecule has 4 aromatic rings. The maximum absolute atomic E-state index is 12.6. The predicted octanol–water partition coefficient (Wildman–Crippen LogP) is 3.59. The van der Waals surface area contributed by atoms with Gasteiger partial charge < -0.3 is 18.6 Å². The Morgan fingerprint density at radius 2 is 1.71 bits per heavy atom. The van der Waals surface area contributed by atoms with Crippen molar-refractivity contribution in [3.05, 3.63) is 58.4 Å². The number of rotatable bonds is 6. The molecule has 0 aliphatic rings. The summed E-state index contributed by atoms with van der Waals surface area (Å²) in [6.07, 6.45) is 0. The van der Waals surface area contributed by atoms with Crippen LogP contribution in [-0.2, 0) is 0 Å². The Hall–Kier alpha value is -3.92. The largest absolute Gasteiger partial charge is 0.493 e. The number of carbonyl (C=O) groups excluding carboxylic acids is 1. The van der Waals surface area contributed by atoms with Crippen LogP contribution in [0.1, 0.15) is 10.4 Å². The molecular formula is C21H17N3O6S. The van der Waals surface area contributed by atoms with Gasteiger partial charge in [0.25, 0.3) is 5.91 Å². The molecule has 158 valence electrons. The third-order valence-electron chi connectivity index (χ3n) is 4.44. The SMILES string of the molecule is COc1cc(-c2nnc(NC(=O)c3cc4ccccc4oc3=O)s2)cc(OC)c1OC. The summed E-state index contributed by atoms with van der Waals surface area (Å²) >= 11 is 1.13. The number of para-hydroxylation sites is 1. The van der Waals surface area contributed by atoms with Gasteiger partial charge in [0.15, 0.2) is 11.5 Å². The standard InChI is InChI=1S/C21H17N3O6S/c1-27-15-9-12(10-16(28-2)17(15)29-3)19-23-24-21(31-19)22-18(25)13-8-11-6-4-5-7-14(11)30-20(13)26/h4-10H,1-3H3,(H,22,24,25). The fraction of sp³-hybridized carbons (Fsp3) is 0.143. The molecule has 31 heavy (non-hydrogen) atoms. The topological polar surface area (TPSA) is 113 Å². The number of nitrogens with one attached hydrogen (secondary N) is 1. The lowest BCUT2D eigenvalue weighted by atomic mass is 10.2.